The number of alkyl halides is 3. The molecule has 3 fully saturated rings. The average Bonchev–Trinajstić information content (AvgIpc) is 2.96. The smallest absolute Gasteiger partial charge is 0.458 e. The van der Waals surface area contributed by atoms with Crippen molar-refractivity contribution in [2.75, 3.05) is 0 Å². The molecule has 7 nitrogen and oxygen atoms in total. The SMILES string of the molecule is CC1(C)O[C@@H]2[C@H](O1)C(OS(=O)(=O)C(F)(F)F)=C1C(=O)O[C@H]3CCC(C)(C)[C@H]2[C@@]13C. The number of hydrogen-bond acceptors (Lipinski definition) is 7. The Kier molecular flexibility index (Phi) is 4.09. The number of carbonyl (C=O) groups excluding carboxylic acids is 1. The fourth-order valence-electron chi connectivity index (χ4n) is 5.66. The highest BCUT2D eigenvalue weighted by atomic mass is 32.2. The maximum atomic E-state index is 13.1. The normalized spacial score (nSPS) is 40.3. The molecule has 2 saturated heterocycles. The number of esters is 1. The summed E-state index contributed by atoms with van der Waals surface area (Å²) in [6, 6.07) is 0. The lowest BCUT2D eigenvalue weighted by Crippen LogP contribution is -2.59. The summed E-state index contributed by atoms with van der Waals surface area (Å²) in [6.07, 6.45) is -1.49. The van der Waals surface area contributed by atoms with Crippen LogP contribution in [0.25, 0.3) is 0 Å². The standard InChI is InChI=1S/C18H23F3O7S/c1-15(2)7-6-8-17(5)9(14(22)25-8)10(28-29(23,24)18(19,20)21)11-12(13(15)17)27-16(3,4)26-11/h8,11-13H,6-7H2,1-5H3/t8-,11+,12+,13-,17+/m0/s1. The van der Waals surface area contributed by atoms with E-state index in [9.17, 15) is 26.4 Å². The van der Waals surface area contributed by atoms with Gasteiger partial charge in [-0.25, -0.2) is 4.79 Å². The Morgan fingerprint density at radius 3 is 2.31 bits per heavy atom. The molecule has 0 aromatic heterocycles. The predicted molar refractivity (Wildman–Crippen MR) is 91.4 cm³/mol. The van der Waals surface area contributed by atoms with Crippen LogP contribution in [0.15, 0.2) is 11.3 Å². The zero-order valence-electron chi connectivity index (χ0n) is 16.6. The van der Waals surface area contributed by atoms with Gasteiger partial charge in [-0.05, 0) is 32.1 Å². The van der Waals surface area contributed by atoms with Crippen molar-refractivity contribution in [1.82, 2.24) is 0 Å². The molecule has 4 rings (SSSR count). The van der Waals surface area contributed by atoms with Gasteiger partial charge in [-0.2, -0.15) is 21.6 Å². The molecule has 0 spiro atoms. The summed E-state index contributed by atoms with van der Waals surface area (Å²) in [5.41, 5.74) is -7.29. The maximum Gasteiger partial charge on any atom is 0.534 e. The van der Waals surface area contributed by atoms with Crippen molar-refractivity contribution in [3.63, 3.8) is 0 Å². The molecule has 164 valence electrons. The fourth-order valence-corrected chi connectivity index (χ4v) is 6.17. The van der Waals surface area contributed by atoms with Crippen LogP contribution in [0.3, 0.4) is 0 Å². The molecule has 2 heterocycles. The van der Waals surface area contributed by atoms with E-state index in [-0.39, 0.29) is 16.9 Å². The van der Waals surface area contributed by atoms with Gasteiger partial charge in [0.05, 0.1) is 11.7 Å². The zero-order chi connectivity index (χ0) is 21.8. The monoisotopic (exact) mass is 440 g/mol. The van der Waals surface area contributed by atoms with Crippen LogP contribution >= 0.6 is 0 Å². The van der Waals surface area contributed by atoms with Crippen molar-refractivity contribution >= 4 is 16.1 Å². The summed E-state index contributed by atoms with van der Waals surface area (Å²) in [7, 11) is -6.02. The quantitative estimate of drug-likeness (QED) is 0.371. The maximum absolute atomic E-state index is 13.1. The van der Waals surface area contributed by atoms with Gasteiger partial charge in [0.15, 0.2) is 11.5 Å². The van der Waals surface area contributed by atoms with Gasteiger partial charge in [0.1, 0.15) is 12.2 Å². The molecule has 0 N–H and O–H groups in total. The second-order valence-electron chi connectivity index (χ2n) is 9.42. The van der Waals surface area contributed by atoms with Gasteiger partial charge in [0.25, 0.3) is 0 Å². The number of rotatable bonds is 2. The van der Waals surface area contributed by atoms with Crippen molar-refractivity contribution in [3.8, 4) is 0 Å². The Labute approximate surface area is 166 Å². The van der Waals surface area contributed by atoms with Crippen LogP contribution in [-0.4, -0.2) is 44.0 Å². The van der Waals surface area contributed by atoms with Crippen molar-refractivity contribution in [3.05, 3.63) is 11.3 Å². The van der Waals surface area contributed by atoms with Crippen molar-refractivity contribution in [2.45, 2.75) is 77.1 Å². The van der Waals surface area contributed by atoms with E-state index in [1.165, 1.54) is 0 Å². The largest absolute Gasteiger partial charge is 0.534 e. The molecule has 4 aliphatic rings. The number of fused-ring (bicyclic) bond motifs is 2. The summed E-state index contributed by atoms with van der Waals surface area (Å²) in [4.78, 5) is 12.7. The van der Waals surface area contributed by atoms with E-state index in [1.807, 2.05) is 13.8 Å². The van der Waals surface area contributed by atoms with Gasteiger partial charge in [-0.3, -0.25) is 0 Å². The molecule has 0 amide bonds. The van der Waals surface area contributed by atoms with E-state index >= 15 is 0 Å². The highest BCUT2D eigenvalue weighted by Crippen LogP contribution is 2.65. The molecule has 0 aromatic carbocycles. The van der Waals surface area contributed by atoms with Gasteiger partial charge in [0.2, 0.25) is 0 Å². The average molecular weight is 440 g/mol. The molecular formula is C18H23F3O7S. The highest BCUT2D eigenvalue weighted by Gasteiger charge is 2.71. The van der Waals surface area contributed by atoms with Gasteiger partial charge in [-0.1, -0.05) is 20.8 Å². The van der Waals surface area contributed by atoms with Crippen LogP contribution in [0.4, 0.5) is 13.2 Å². The minimum Gasteiger partial charge on any atom is -0.458 e. The predicted octanol–water partition coefficient (Wildman–Crippen LogP) is 3.01. The molecule has 29 heavy (non-hydrogen) atoms. The minimum atomic E-state index is -6.02. The van der Waals surface area contributed by atoms with E-state index in [4.69, 9.17) is 14.2 Å². The Hall–Kier alpha value is -1.33. The van der Waals surface area contributed by atoms with Crippen LogP contribution < -0.4 is 0 Å². The molecule has 2 aliphatic heterocycles. The molecule has 0 radical (unpaired) electrons. The zero-order valence-corrected chi connectivity index (χ0v) is 17.4. The lowest BCUT2D eigenvalue weighted by Gasteiger charge is -2.55. The third-order valence-electron chi connectivity index (χ3n) is 6.65. The lowest BCUT2D eigenvalue weighted by atomic mass is 9.49. The third kappa shape index (κ3) is 2.76. The first-order valence-corrected chi connectivity index (χ1v) is 10.7. The second kappa shape index (κ2) is 5.67. The molecule has 1 saturated carbocycles. The van der Waals surface area contributed by atoms with Gasteiger partial charge in [-0.15, -0.1) is 0 Å². The summed E-state index contributed by atoms with van der Waals surface area (Å²) in [6.45, 7) is 8.84. The first-order chi connectivity index (χ1) is 13.0. The van der Waals surface area contributed by atoms with E-state index in [0.29, 0.717) is 12.8 Å². The van der Waals surface area contributed by atoms with Gasteiger partial charge < -0.3 is 18.4 Å². The summed E-state index contributed by atoms with van der Waals surface area (Å²) < 4.78 is 84.6. The Bertz CT molecular complexity index is 905. The molecule has 0 aromatic rings. The molecule has 0 bridgehead atoms. The number of halogens is 3. The number of carbonyl (C=O) groups is 1. The fraction of sp³-hybridized carbons (Fsp3) is 0.833. The van der Waals surface area contributed by atoms with Crippen LogP contribution in [0, 0.1) is 16.7 Å². The topological polar surface area (TPSA) is 88.1 Å². The molecule has 5 atom stereocenters. The van der Waals surface area contributed by atoms with E-state index in [0.717, 1.165) is 0 Å². The molecular weight excluding hydrogens is 417 g/mol. The van der Waals surface area contributed by atoms with E-state index in [1.54, 1.807) is 20.8 Å². The highest BCUT2D eigenvalue weighted by molar-refractivity contribution is 7.87. The van der Waals surface area contributed by atoms with Crippen LogP contribution in [0.1, 0.15) is 47.5 Å². The van der Waals surface area contributed by atoms with E-state index in [2.05, 4.69) is 4.18 Å². The van der Waals surface area contributed by atoms with Crippen LogP contribution in [0.5, 0.6) is 0 Å². The minimum absolute atomic E-state index is 0.198. The van der Waals surface area contributed by atoms with E-state index < -0.39 is 56.9 Å². The number of ether oxygens (including phenoxy) is 3. The third-order valence-corrected chi connectivity index (χ3v) is 7.61. The summed E-state index contributed by atoms with van der Waals surface area (Å²) in [5.74, 6) is -3.11. The first-order valence-electron chi connectivity index (χ1n) is 9.33. The molecule has 0 unspecified atom stereocenters. The Balaban J connectivity index is 1.96. The summed E-state index contributed by atoms with van der Waals surface area (Å²) in [5, 5.41) is 0. The van der Waals surface area contributed by atoms with Gasteiger partial charge >= 0.3 is 21.6 Å². The van der Waals surface area contributed by atoms with Crippen molar-refractivity contribution in [2.24, 2.45) is 16.7 Å². The number of hydrogen-bond donors (Lipinski definition) is 0. The first kappa shape index (κ1) is 20.9. The lowest BCUT2D eigenvalue weighted by molar-refractivity contribution is -0.173. The van der Waals surface area contributed by atoms with Crippen LogP contribution in [0.2, 0.25) is 0 Å². The Morgan fingerprint density at radius 1 is 1.10 bits per heavy atom. The molecule has 11 heteroatoms. The summed E-state index contributed by atoms with van der Waals surface area (Å²) >= 11 is 0. The van der Waals surface area contributed by atoms with Crippen molar-refractivity contribution < 1.29 is 44.8 Å². The molecule has 2 aliphatic carbocycles. The van der Waals surface area contributed by atoms with Crippen molar-refractivity contribution in [1.29, 1.82) is 0 Å². The second-order valence-corrected chi connectivity index (χ2v) is 11.0. The van der Waals surface area contributed by atoms with Gasteiger partial charge in [0, 0.05) is 11.3 Å². The van der Waals surface area contributed by atoms with Crippen LogP contribution in [-0.2, 0) is 33.3 Å². The Morgan fingerprint density at radius 2 is 1.72 bits per heavy atom.